The summed E-state index contributed by atoms with van der Waals surface area (Å²) in [4.78, 5) is 16.0. The summed E-state index contributed by atoms with van der Waals surface area (Å²) in [6, 6.07) is 10.5. The summed E-state index contributed by atoms with van der Waals surface area (Å²) in [7, 11) is 0. The molecule has 0 spiro atoms. The Balaban J connectivity index is 1.97. The maximum Gasteiger partial charge on any atom is 0.251 e. The van der Waals surface area contributed by atoms with Crippen LogP contribution in [0.4, 0.5) is 0 Å². The number of rotatable bonds is 7. The molecule has 0 radical (unpaired) electrons. The van der Waals surface area contributed by atoms with Crippen molar-refractivity contribution in [1.29, 1.82) is 0 Å². The molecule has 2 rings (SSSR count). The first-order valence-corrected chi connectivity index (χ1v) is 7.26. The van der Waals surface area contributed by atoms with Crippen molar-refractivity contribution in [3.8, 4) is 11.5 Å². The third-order valence-electron chi connectivity index (χ3n) is 3.21. The lowest BCUT2D eigenvalue weighted by atomic mass is 10.1. The normalized spacial score (nSPS) is 11.7. The first kappa shape index (κ1) is 16.0. The van der Waals surface area contributed by atoms with E-state index in [9.17, 15) is 4.79 Å². The van der Waals surface area contributed by atoms with E-state index in [-0.39, 0.29) is 18.4 Å². The Morgan fingerprint density at radius 2 is 2.05 bits per heavy atom. The van der Waals surface area contributed by atoms with Crippen molar-refractivity contribution in [3.05, 3.63) is 54.4 Å². The zero-order valence-corrected chi connectivity index (χ0v) is 12.5. The number of pyridine rings is 1. The van der Waals surface area contributed by atoms with Crippen molar-refractivity contribution in [1.82, 2.24) is 10.3 Å². The van der Waals surface area contributed by atoms with Crippen LogP contribution in [-0.4, -0.2) is 29.1 Å². The van der Waals surface area contributed by atoms with Gasteiger partial charge in [-0.15, -0.1) is 0 Å². The second-order valence-corrected chi connectivity index (χ2v) is 5.14. The summed E-state index contributed by atoms with van der Waals surface area (Å²) in [6.45, 7) is 2.65. The van der Waals surface area contributed by atoms with Gasteiger partial charge in [-0.2, -0.15) is 0 Å². The number of aliphatic hydroxyl groups excluding tert-OH is 1. The molecule has 0 aliphatic rings. The van der Waals surface area contributed by atoms with Crippen LogP contribution in [0.5, 0.6) is 11.5 Å². The maximum absolute atomic E-state index is 12.1. The molecule has 116 valence electrons. The van der Waals surface area contributed by atoms with Gasteiger partial charge in [0, 0.05) is 31.1 Å². The highest BCUT2D eigenvalue weighted by Crippen LogP contribution is 2.21. The van der Waals surface area contributed by atoms with Gasteiger partial charge < -0.3 is 15.2 Å². The van der Waals surface area contributed by atoms with Gasteiger partial charge in [0.2, 0.25) is 0 Å². The van der Waals surface area contributed by atoms with Crippen LogP contribution >= 0.6 is 0 Å². The highest BCUT2D eigenvalue weighted by atomic mass is 16.5. The molecule has 0 aliphatic carbocycles. The van der Waals surface area contributed by atoms with Crippen LogP contribution in [0.1, 0.15) is 23.7 Å². The summed E-state index contributed by atoms with van der Waals surface area (Å²) in [5, 5.41) is 11.7. The molecule has 0 aliphatic heterocycles. The smallest absolute Gasteiger partial charge is 0.251 e. The molecular formula is C17H20N2O3. The summed E-state index contributed by atoms with van der Waals surface area (Å²) >= 11 is 0. The molecule has 1 unspecified atom stereocenters. The first-order chi connectivity index (χ1) is 10.7. The third kappa shape index (κ3) is 4.86. The van der Waals surface area contributed by atoms with E-state index in [1.54, 1.807) is 48.8 Å². The summed E-state index contributed by atoms with van der Waals surface area (Å²) in [5.74, 6) is 1.36. The predicted octanol–water partition coefficient (Wildman–Crippen LogP) is 2.62. The number of ether oxygens (including phenoxy) is 1. The zero-order chi connectivity index (χ0) is 15.8. The molecule has 1 heterocycles. The molecular weight excluding hydrogens is 280 g/mol. The number of carbonyl (C=O) groups excluding carboxylic acids is 1. The largest absolute Gasteiger partial charge is 0.457 e. The maximum atomic E-state index is 12.1. The Kier molecular flexibility index (Phi) is 5.91. The standard InChI is InChI=1S/C17H20N2O3/c1-13(7-10-20)12-19-17(21)14-3-2-4-16(11-14)22-15-5-8-18-9-6-15/h2-6,8-9,11,13,20H,7,10,12H2,1H3,(H,19,21). The molecule has 2 N–H and O–H groups in total. The van der Waals surface area contributed by atoms with Crippen LogP contribution in [0.15, 0.2) is 48.8 Å². The highest BCUT2D eigenvalue weighted by Gasteiger charge is 2.09. The minimum atomic E-state index is -0.148. The van der Waals surface area contributed by atoms with Gasteiger partial charge in [0.25, 0.3) is 5.91 Å². The van der Waals surface area contributed by atoms with Crippen LogP contribution in [0.2, 0.25) is 0 Å². The molecule has 0 bridgehead atoms. The lowest BCUT2D eigenvalue weighted by Gasteiger charge is -2.12. The van der Waals surface area contributed by atoms with Gasteiger partial charge in [-0.25, -0.2) is 0 Å². The van der Waals surface area contributed by atoms with Crippen LogP contribution < -0.4 is 10.1 Å². The number of carbonyl (C=O) groups is 1. The van der Waals surface area contributed by atoms with Crippen LogP contribution in [0.3, 0.4) is 0 Å². The Morgan fingerprint density at radius 1 is 1.27 bits per heavy atom. The molecule has 5 nitrogen and oxygen atoms in total. The Labute approximate surface area is 130 Å². The van der Waals surface area contributed by atoms with Crippen molar-refractivity contribution in [2.45, 2.75) is 13.3 Å². The first-order valence-electron chi connectivity index (χ1n) is 7.26. The fraction of sp³-hybridized carbons (Fsp3) is 0.294. The van der Waals surface area contributed by atoms with Crippen LogP contribution in [-0.2, 0) is 0 Å². The average Bonchev–Trinajstić information content (AvgIpc) is 2.54. The Bertz CT molecular complexity index is 602. The van der Waals surface area contributed by atoms with Gasteiger partial charge in [0.05, 0.1) is 0 Å². The van der Waals surface area contributed by atoms with Gasteiger partial charge in [0.15, 0.2) is 0 Å². The lowest BCUT2D eigenvalue weighted by molar-refractivity contribution is 0.0945. The molecule has 1 amide bonds. The molecule has 1 aromatic heterocycles. The monoisotopic (exact) mass is 300 g/mol. The van der Waals surface area contributed by atoms with Gasteiger partial charge in [-0.05, 0) is 42.7 Å². The van der Waals surface area contributed by atoms with E-state index in [1.165, 1.54) is 0 Å². The number of nitrogens with one attached hydrogen (secondary N) is 1. The fourth-order valence-electron chi connectivity index (χ4n) is 1.93. The van der Waals surface area contributed by atoms with E-state index in [1.807, 2.05) is 6.92 Å². The van der Waals surface area contributed by atoms with Crippen molar-refractivity contribution >= 4 is 5.91 Å². The van der Waals surface area contributed by atoms with Crippen molar-refractivity contribution in [2.24, 2.45) is 5.92 Å². The molecule has 1 aromatic carbocycles. The van der Waals surface area contributed by atoms with Gasteiger partial charge in [-0.1, -0.05) is 13.0 Å². The topological polar surface area (TPSA) is 71.5 Å². The molecule has 0 saturated heterocycles. The molecule has 2 aromatic rings. The molecule has 5 heteroatoms. The SMILES string of the molecule is CC(CCO)CNC(=O)c1cccc(Oc2ccncc2)c1. The number of nitrogens with zero attached hydrogens (tertiary/aromatic N) is 1. The number of hydrogen-bond donors (Lipinski definition) is 2. The minimum Gasteiger partial charge on any atom is -0.457 e. The Hall–Kier alpha value is -2.40. The second kappa shape index (κ2) is 8.14. The van der Waals surface area contributed by atoms with E-state index < -0.39 is 0 Å². The third-order valence-corrected chi connectivity index (χ3v) is 3.21. The summed E-state index contributed by atoms with van der Waals surface area (Å²) in [5.41, 5.74) is 0.544. The highest BCUT2D eigenvalue weighted by molar-refractivity contribution is 5.94. The van der Waals surface area contributed by atoms with Crippen molar-refractivity contribution < 1.29 is 14.6 Å². The minimum absolute atomic E-state index is 0.131. The Morgan fingerprint density at radius 3 is 2.77 bits per heavy atom. The second-order valence-electron chi connectivity index (χ2n) is 5.14. The number of hydrogen-bond acceptors (Lipinski definition) is 4. The molecule has 0 saturated carbocycles. The van der Waals surface area contributed by atoms with Gasteiger partial charge in [-0.3, -0.25) is 9.78 Å². The average molecular weight is 300 g/mol. The van der Waals surface area contributed by atoms with E-state index >= 15 is 0 Å². The number of amides is 1. The lowest BCUT2D eigenvalue weighted by Crippen LogP contribution is -2.28. The van der Waals surface area contributed by atoms with E-state index in [0.717, 1.165) is 0 Å². The van der Waals surface area contributed by atoms with Crippen molar-refractivity contribution in [2.75, 3.05) is 13.2 Å². The zero-order valence-electron chi connectivity index (χ0n) is 12.5. The summed E-state index contributed by atoms with van der Waals surface area (Å²) in [6.07, 6.45) is 3.97. The predicted molar refractivity (Wildman–Crippen MR) is 84.0 cm³/mol. The quantitative estimate of drug-likeness (QED) is 0.824. The van der Waals surface area contributed by atoms with E-state index in [4.69, 9.17) is 9.84 Å². The fourth-order valence-corrected chi connectivity index (χ4v) is 1.93. The van der Waals surface area contributed by atoms with Crippen LogP contribution in [0, 0.1) is 5.92 Å². The van der Waals surface area contributed by atoms with Gasteiger partial charge in [0.1, 0.15) is 11.5 Å². The number of aromatic nitrogens is 1. The van der Waals surface area contributed by atoms with E-state index in [2.05, 4.69) is 10.3 Å². The van der Waals surface area contributed by atoms with Crippen LogP contribution in [0.25, 0.3) is 0 Å². The number of aliphatic hydroxyl groups is 1. The summed E-state index contributed by atoms with van der Waals surface area (Å²) < 4.78 is 5.68. The van der Waals surface area contributed by atoms with E-state index in [0.29, 0.717) is 30.0 Å². The molecule has 1 atom stereocenters. The molecule has 0 fully saturated rings. The molecule has 22 heavy (non-hydrogen) atoms. The van der Waals surface area contributed by atoms with Crippen molar-refractivity contribution in [3.63, 3.8) is 0 Å². The van der Waals surface area contributed by atoms with Gasteiger partial charge >= 0.3 is 0 Å². The number of benzene rings is 1.